The number of aliphatic hydroxyl groups is 1. The van der Waals surface area contributed by atoms with Crippen molar-refractivity contribution >= 4 is 7.82 Å². The predicted octanol–water partition coefficient (Wildman–Crippen LogP) is 7.69. The topological polar surface area (TPSA) is 96.2 Å². The van der Waals surface area contributed by atoms with Crippen molar-refractivity contribution in [3.05, 3.63) is 35.9 Å². The molecule has 0 aromatic heterocycles. The number of unbranched alkanes of at least 4 members (excludes halogenated alkanes) is 15. The molecule has 1 rings (SSSR count). The monoisotopic (exact) mass is 514 g/mol. The molecular formula is C28H51O6P. The molecule has 0 amide bonds. The summed E-state index contributed by atoms with van der Waals surface area (Å²) in [5, 5.41) is 10.5. The minimum Gasteiger partial charge on any atom is -0.390 e. The van der Waals surface area contributed by atoms with E-state index in [0.29, 0.717) is 6.42 Å². The van der Waals surface area contributed by atoms with Crippen molar-refractivity contribution in [2.75, 3.05) is 6.61 Å². The molecule has 6 nitrogen and oxygen atoms in total. The summed E-state index contributed by atoms with van der Waals surface area (Å²) in [6.07, 6.45) is 19.6. The van der Waals surface area contributed by atoms with Crippen molar-refractivity contribution in [2.24, 2.45) is 0 Å². The van der Waals surface area contributed by atoms with E-state index < -0.39 is 20.0 Å². The van der Waals surface area contributed by atoms with E-state index >= 15 is 0 Å². The van der Waals surface area contributed by atoms with Crippen LogP contribution in [0, 0.1) is 0 Å². The molecule has 0 aliphatic heterocycles. The zero-order valence-electron chi connectivity index (χ0n) is 22.0. The molecule has 2 atom stereocenters. The molecule has 0 spiro atoms. The molecule has 0 saturated heterocycles. The summed E-state index contributed by atoms with van der Waals surface area (Å²) in [5.74, 6) is 0. The van der Waals surface area contributed by atoms with E-state index in [9.17, 15) is 9.67 Å². The van der Waals surface area contributed by atoms with Crippen molar-refractivity contribution in [2.45, 2.75) is 135 Å². The van der Waals surface area contributed by atoms with Crippen LogP contribution in [-0.2, 0) is 20.4 Å². The van der Waals surface area contributed by atoms with Crippen LogP contribution in [-0.4, -0.2) is 33.7 Å². The Balaban J connectivity index is 2.06. The highest BCUT2D eigenvalue weighted by molar-refractivity contribution is 7.46. The fraction of sp³-hybridized carbons (Fsp3) is 0.786. The van der Waals surface area contributed by atoms with Crippen molar-refractivity contribution in [1.29, 1.82) is 0 Å². The summed E-state index contributed by atoms with van der Waals surface area (Å²) in [6, 6.07) is 9.51. The molecule has 1 unspecified atom stereocenters. The molecule has 0 fully saturated rings. The Kier molecular flexibility index (Phi) is 19.7. The van der Waals surface area contributed by atoms with Crippen molar-refractivity contribution < 1.29 is 28.7 Å². The first-order valence-corrected chi connectivity index (χ1v) is 15.5. The van der Waals surface area contributed by atoms with Gasteiger partial charge in [-0.15, -0.1) is 0 Å². The molecule has 0 aliphatic rings. The van der Waals surface area contributed by atoms with Crippen LogP contribution in [0.4, 0.5) is 0 Å². The van der Waals surface area contributed by atoms with Gasteiger partial charge in [-0.1, -0.05) is 140 Å². The van der Waals surface area contributed by atoms with Crippen molar-refractivity contribution in [3.8, 4) is 0 Å². The van der Waals surface area contributed by atoms with Crippen LogP contribution in [0.3, 0.4) is 0 Å². The SMILES string of the molecule is CCCCCCCCCCCCCCCCCCC(O)[C@H](COP(=O)(O)O)OCc1ccccc1. The number of hydrogen-bond acceptors (Lipinski definition) is 4. The molecule has 0 heterocycles. The number of phosphoric ester groups is 1. The maximum atomic E-state index is 11.1. The number of benzene rings is 1. The normalized spacial score (nSPS) is 13.7. The van der Waals surface area contributed by atoms with Crippen molar-refractivity contribution in [3.63, 3.8) is 0 Å². The molecular weight excluding hydrogens is 463 g/mol. The molecule has 35 heavy (non-hydrogen) atoms. The first kappa shape index (κ1) is 32.3. The average molecular weight is 515 g/mol. The van der Waals surface area contributed by atoms with Gasteiger partial charge < -0.3 is 19.6 Å². The molecule has 204 valence electrons. The molecule has 0 radical (unpaired) electrons. The Bertz CT molecular complexity index is 636. The van der Waals surface area contributed by atoms with Gasteiger partial charge in [0.25, 0.3) is 0 Å². The lowest BCUT2D eigenvalue weighted by molar-refractivity contribution is -0.0722. The van der Waals surface area contributed by atoms with Gasteiger partial charge in [0.2, 0.25) is 0 Å². The van der Waals surface area contributed by atoms with Gasteiger partial charge in [-0.3, -0.25) is 4.52 Å². The molecule has 7 heteroatoms. The molecule has 0 bridgehead atoms. The highest BCUT2D eigenvalue weighted by Gasteiger charge is 2.24. The van der Waals surface area contributed by atoms with Crippen molar-refractivity contribution in [1.82, 2.24) is 0 Å². The summed E-state index contributed by atoms with van der Waals surface area (Å²) in [7, 11) is -4.61. The van der Waals surface area contributed by atoms with Gasteiger partial charge in [0.05, 0.1) is 19.3 Å². The van der Waals surface area contributed by atoms with Gasteiger partial charge in [-0.25, -0.2) is 4.57 Å². The fourth-order valence-electron chi connectivity index (χ4n) is 4.31. The first-order chi connectivity index (χ1) is 16.9. The predicted molar refractivity (Wildman–Crippen MR) is 143 cm³/mol. The van der Waals surface area contributed by atoms with Crippen LogP contribution < -0.4 is 0 Å². The largest absolute Gasteiger partial charge is 0.469 e. The lowest BCUT2D eigenvalue weighted by atomic mass is 10.0. The Morgan fingerprint density at radius 3 is 1.66 bits per heavy atom. The van der Waals surface area contributed by atoms with Gasteiger partial charge in [-0.05, 0) is 12.0 Å². The van der Waals surface area contributed by atoms with E-state index in [1.54, 1.807) is 0 Å². The maximum absolute atomic E-state index is 11.1. The van der Waals surface area contributed by atoms with E-state index in [2.05, 4.69) is 11.4 Å². The second-order valence-corrected chi connectivity index (χ2v) is 11.0. The van der Waals surface area contributed by atoms with E-state index in [4.69, 9.17) is 14.5 Å². The Morgan fingerprint density at radius 2 is 1.20 bits per heavy atom. The molecule has 1 aromatic rings. The van der Waals surface area contributed by atoms with Gasteiger partial charge in [0.15, 0.2) is 0 Å². The van der Waals surface area contributed by atoms with Crippen LogP contribution in [0.2, 0.25) is 0 Å². The number of ether oxygens (including phenoxy) is 1. The third-order valence-electron chi connectivity index (χ3n) is 6.50. The fourth-order valence-corrected chi connectivity index (χ4v) is 4.65. The summed E-state index contributed by atoms with van der Waals surface area (Å²) in [4.78, 5) is 18.0. The standard InChI is InChI=1S/C28H51O6P/c1-2-3-4-5-6-7-8-9-10-11-12-13-14-15-16-20-23-27(29)28(25-34-35(30,31)32)33-24-26-21-18-17-19-22-26/h17-19,21-22,27-29H,2-16,20,23-25H2,1H3,(H2,30,31,32)/t27?,28-/m0/s1. The quantitative estimate of drug-likeness (QED) is 0.0966. The zero-order valence-corrected chi connectivity index (χ0v) is 22.9. The molecule has 3 N–H and O–H groups in total. The summed E-state index contributed by atoms with van der Waals surface area (Å²) in [5.41, 5.74) is 0.934. The number of aliphatic hydroxyl groups excluding tert-OH is 1. The van der Waals surface area contributed by atoms with E-state index in [1.165, 1.54) is 83.5 Å². The van der Waals surface area contributed by atoms with Crippen LogP contribution in [0.5, 0.6) is 0 Å². The lowest BCUT2D eigenvalue weighted by Gasteiger charge is -2.23. The Morgan fingerprint density at radius 1 is 0.743 bits per heavy atom. The van der Waals surface area contributed by atoms with Gasteiger partial charge in [-0.2, -0.15) is 0 Å². The number of phosphoric acid groups is 1. The Labute approximate surface area is 214 Å². The lowest BCUT2D eigenvalue weighted by Crippen LogP contribution is -2.33. The average Bonchev–Trinajstić information content (AvgIpc) is 2.83. The highest BCUT2D eigenvalue weighted by atomic mass is 31.2. The van der Waals surface area contributed by atoms with Gasteiger partial charge in [0, 0.05) is 0 Å². The van der Waals surface area contributed by atoms with Crippen LogP contribution >= 0.6 is 7.82 Å². The second kappa shape index (κ2) is 21.3. The highest BCUT2D eigenvalue weighted by Crippen LogP contribution is 2.36. The summed E-state index contributed by atoms with van der Waals surface area (Å²) in [6.45, 7) is 2.18. The molecule has 1 aromatic carbocycles. The minimum absolute atomic E-state index is 0.256. The van der Waals surface area contributed by atoms with Gasteiger partial charge >= 0.3 is 7.82 Å². The summed E-state index contributed by atoms with van der Waals surface area (Å²) < 4.78 is 21.4. The third-order valence-corrected chi connectivity index (χ3v) is 6.98. The van der Waals surface area contributed by atoms with Crippen LogP contribution in [0.25, 0.3) is 0 Å². The summed E-state index contributed by atoms with van der Waals surface area (Å²) >= 11 is 0. The smallest absolute Gasteiger partial charge is 0.390 e. The maximum Gasteiger partial charge on any atom is 0.469 e. The van der Waals surface area contributed by atoms with E-state index in [1.807, 2.05) is 30.3 Å². The van der Waals surface area contributed by atoms with Crippen LogP contribution in [0.1, 0.15) is 122 Å². The first-order valence-electron chi connectivity index (χ1n) is 14.0. The van der Waals surface area contributed by atoms with Crippen LogP contribution in [0.15, 0.2) is 30.3 Å². The number of hydrogen-bond donors (Lipinski definition) is 3. The number of rotatable bonds is 24. The minimum atomic E-state index is -4.61. The molecule has 0 aliphatic carbocycles. The Hall–Kier alpha value is -0.750. The van der Waals surface area contributed by atoms with Gasteiger partial charge in [0.1, 0.15) is 6.10 Å². The zero-order chi connectivity index (χ0) is 25.6. The molecule has 0 saturated carbocycles. The second-order valence-electron chi connectivity index (χ2n) is 9.78. The van der Waals surface area contributed by atoms with E-state index in [-0.39, 0.29) is 13.2 Å². The third kappa shape index (κ3) is 20.0. The van der Waals surface area contributed by atoms with E-state index in [0.717, 1.165) is 24.8 Å².